The summed E-state index contributed by atoms with van der Waals surface area (Å²) in [4.78, 5) is 32.9. The zero-order valence-corrected chi connectivity index (χ0v) is 24.3. The Labute approximate surface area is 236 Å². The van der Waals surface area contributed by atoms with Crippen molar-refractivity contribution < 1.29 is 28.5 Å². The molecule has 4 aliphatic rings. The molecule has 0 aromatic heterocycles. The van der Waals surface area contributed by atoms with E-state index in [1.807, 2.05) is 45.9 Å². The van der Waals surface area contributed by atoms with Gasteiger partial charge in [0, 0.05) is 56.4 Å². The molecule has 3 aliphatic heterocycles. The molecule has 2 atom stereocenters. The van der Waals surface area contributed by atoms with E-state index in [1.165, 1.54) is 0 Å². The Hall–Kier alpha value is -3.66. The molecule has 4 amide bonds. The van der Waals surface area contributed by atoms with Crippen molar-refractivity contribution in [3.8, 4) is 11.5 Å². The number of piperidine rings is 1. The highest BCUT2D eigenvalue weighted by Crippen LogP contribution is 2.49. The van der Waals surface area contributed by atoms with Gasteiger partial charge in [0.05, 0.1) is 45.2 Å². The molecular weight excluding hydrogens is 512 g/mol. The van der Waals surface area contributed by atoms with Crippen molar-refractivity contribution in [2.45, 2.75) is 57.2 Å². The van der Waals surface area contributed by atoms with E-state index in [9.17, 15) is 9.59 Å². The highest BCUT2D eigenvalue weighted by molar-refractivity contribution is 5.83. The van der Waals surface area contributed by atoms with Crippen LogP contribution in [-0.4, -0.2) is 86.5 Å². The monoisotopic (exact) mass is 552 g/mol. The molecule has 1 aromatic rings. The van der Waals surface area contributed by atoms with E-state index >= 15 is 0 Å². The van der Waals surface area contributed by atoms with Gasteiger partial charge < -0.3 is 34.1 Å². The molecule has 216 valence electrons. The Morgan fingerprint density at radius 3 is 2.48 bits per heavy atom. The number of ether oxygens (including phenoxy) is 4. The Kier molecular flexibility index (Phi) is 7.72. The maximum Gasteiger partial charge on any atom is 0.325 e. The SMILES string of the molecule is CCN1C(=O)N2Cc3cc(OC)cc(OC)c3[C@@H](C)C=C2C12CCN(C(=O)NC1=C(OC)CC(OC)C=C1)CC2. The third-order valence-corrected chi connectivity index (χ3v) is 8.74. The average molecular weight is 553 g/mol. The standard InChI is InChI=1S/C30H40N4O6/c1-7-34-29(36)33-18-20-15-22(38-4)17-25(40-6)27(20)19(2)14-26(33)30(34)10-12-32(13-11-30)28(35)31-23-9-8-21(37-3)16-24(23)39-5/h8-9,14-15,17,19,21H,7,10-13,16,18H2,1-6H3,(H,31,35)/t19-,21?/m0/s1. The molecule has 0 radical (unpaired) electrons. The lowest BCUT2D eigenvalue weighted by Crippen LogP contribution is -2.56. The third-order valence-electron chi connectivity index (χ3n) is 8.74. The molecule has 1 unspecified atom stereocenters. The molecule has 3 heterocycles. The number of likely N-dealkylation sites (N-methyl/N-ethyl adjacent to an activating group) is 1. The molecule has 40 heavy (non-hydrogen) atoms. The maximum atomic E-state index is 13.8. The summed E-state index contributed by atoms with van der Waals surface area (Å²) >= 11 is 0. The molecule has 0 bridgehead atoms. The second-order valence-corrected chi connectivity index (χ2v) is 10.7. The van der Waals surface area contributed by atoms with Crippen molar-refractivity contribution in [1.82, 2.24) is 20.0 Å². The van der Waals surface area contributed by atoms with Gasteiger partial charge in [-0.3, -0.25) is 4.90 Å². The maximum absolute atomic E-state index is 13.8. The number of amides is 4. The number of carbonyl (C=O) groups excluding carboxylic acids is 2. The molecule has 1 spiro atoms. The van der Waals surface area contributed by atoms with E-state index in [-0.39, 0.29) is 24.1 Å². The number of hydrogen-bond donors (Lipinski definition) is 1. The lowest BCUT2D eigenvalue weighted by atomic mass is 9.82. The summed E-state index contributed by atoms with van der Waals surface area (Å²) in [6.07, 6.45) is 7.79. The number of likely N-dealkylation sites (tertiary alicyclic amines) is 1. The molecule has 1 N–H and O–H groups in total. The number of allylic oxidation sites excluding steroid dienone is 2. The van der Waals surface area contributed by atoms with Crippen LogP contribution in [0.15, 0.2) is 47.5 Å². The second kappa shape index (κ2) is 11.1. The van der Waals surface area contributed by atoms with Crippen molar-refractivity contribution in [2.24, 2.45) is 0 Å². The van der Waals surface area contributed by atoms with E-state index < -0.39 is 5.54 Å². The number of rotatable bonds is 6. The zero-order valence-electron chi connectivity index (χ0n) is 24.3. The first-order valence-corrected chi connectivity index (χ1v) is 13.9. The van der Waals surface area contributed by atoms with E-state index in [0.717, 1.165) is 22.6 Å². The van der Waals surface area contributed by atoms with Crippen LogP contribution < -0.4 is 14.8 Å². The van der Waals surface area contributed by atoms with Gasteiger partial charge in [-0.2, -0.15) is 0 Å². The van der Waals surface area contributed by atoms with Gasteiger partial charge in [-0.1, -0.05) is 19.1 Å². The fourth-order valence-corrected chi connectivity index (χ4v) is 6.66. The Balaban J connectivity index is 1.39. The number of urea groups is 2. The van der Waals surface area contributed by atoms with Gasteiger partial charge in [-0.05, 0) is 37.5 Å². The number of fused-ring (bicyclic) bond motifs is 3. The van der Waals surface area contributed by atoms with Gasteiger partial charge in [0.15, 0.2) is 0 Å². The van der Waals surface area contributed by atoms with Crippen LogP contribution in [0.25, 0.3) is 0 Å². The highest BCUT2D eigenvalue weighted by atomic mass is 16.5. The molecule has 10 nitrogen and oxygen atoms in total. The topological polar surface area (TPSA) is 92.8 Å². The van der Waals surface area contributed by atoms with Gasteiger partial charge in [0.1, 0.15) is 17.3 Å². The first-order chi connectivity index (χ1) is 19.3. The minimum Gasteiger partial charge on any atom is -0.499 e. The Morgan fingerprint density at radius 1 is 1.10 bits per heavy atom. The number of carbonyl (C=O) groups is 2. The molecule has 2 fully saturated rings. The highest BCUT2D eigenvalue weighted by Gasteiger charge is 2.55. The molecule has 1 aliphatic carbocycles. The molecule has 2 saturated heterocycles. The molecule has 1 aromatic carbocycles. The van der Waals surface area contributed by atoms with Gasteiger partial charge >= 0.3 is 12.1 Å². The third kappa shape index (κ3) is 4.58. The molecule has 10 heteroatoms. The van der Waals surface area contributed by atoms with Crippen LogP contribution in [0.1, 0.15) is 50.2 Å². The van der Waals surface area contributed by atoms with Crippen LogP contribution in [0.2, 0.25) is 0 Å². The summed E-state index contributed by atoms with van der Waals surface area (Å²) in [7, 11) is 6.56. The first-order valence-electron chi connectivity index (χ1n) is 13.9. The van der Waals surface area contributed by atoms with Crippen LogP contribution >= 0.6 is 0 Å². The van der Waals surface area contributed by atoms with Gasteiger partial charge in [0.2, 0.25) is 0 Å². The quantitative estimate of drug-likeness (QED) is 0.565. The summed E-state index contributed by atoms with van der Waals surface area (Å²) < 4.78 is 22.2. The fraction of sp³-hybridized carbons (Fsp3) is 0.533. The van der Waals surface area contributed by atoms with Gasteiger partial charge in [-0.15, -0.1) is 0 Å². The van der Waals surface area contributed by atoms with Gasteiger partial charge in [0.25, 0.3) is 0 Å². The van der Waals surface area contributed by atoms with E-state index in [2.05, 4.69) is 18.3 Å². The van der Waals surface area contributed by atoms with Crippen molar-refractivity contribution in [3.05, 3.63) is 58.6 Å². The van der Waals surface area contributed by atoms with Crippen molar-refractivity contribution >= 4 is 12.1 Å². The van der Waals surface area contributed by atoms with E-state index in [1.54, 1.807) is 28.4 Å². The lowest BCUT2D eigenvalue weighted by Gasteiger charge is -2.44. The smallest absolute Gasteiger partial charge is 0.325 e. The van der Waals surface area contributed by atoms with Crippen molar-refractivity contribution in [1.29, 1.82) is 0 Å². The van der Waals surface area contributed by atoms with E-state index in [4.69, 9.17) is 18.9 Å². The molecular formula is C30H40N4O6. The minimum atomic E-state index is -0.469. The Bertz CT molecular complexity index is 1260. The minimum absolute atomic E-state index is 0.00317. The van der Waals surface area contributed by atoms with Crippen LogP contribution in [-0.2, 0) is 16.0 Å². The van der Waals surface area contributed by atoms with Gasteiger partial charge in [-0.25, -0.2) is 9.59 Å². The summed E-state index contributed by atoms with van der Waals surface area (Å²) in [5, 5.41) is 3.02. The van der Waals surface area contributed by atoms with Crippen LogP contribution in [0, 0.1) is 0 Å². The number of nitrogens with zero attached hydrogens (tertiary/aromatic N) is 3. The second-order valence-electron chi connectivity index (χ2n) is 10.7. The van der Waals surface area contributed by atoms with E-state index in [0.29, 0.717) is 62.6 Å². The number of hydrogen-bond acceptors (Lipinski definition) is 6. The summed E-state index contributed by atoms with van der Waals surface area (Å²) in [5.41, 5.74) is 3.30. The molecule has 5 rings (SSSR count). The van der Waals surface area contributed by atoms with Crippen LogP contribution in [0.3, 0.4) is 0 Å². The predicted octanol–water partition coefficient (Wildman–Crippen LogP) is 4.34. The lowest BCUT2D eigenvalue weighted by molar-refractivity contribution is 0.102. The summed E-state index contributed by atoms with van der Waals surface area (Å²) in [5.74, 6) is 2.19. The number of methoxy groups -OCH3 is 4. The largest absolute Gasteiger partial charge is 0.499 e. The number of nitrogens with one attached hydrogen (secondary N) is 1. The molecule has 0 saturated carbocycles. The average Bonchev–Trinajstić information content (AvgIpc) is 3.08. The zero-order chi connectivity index (χ0) is 28.6. The van der Waals surface area contributed by atoms with Crippen molar-refractivity contribution in [3.63, 3.8) is 0 Å². The Morgan fingerprint density at radius 2 is 1.85 bits per heavy atom. The fourth-order valence-electron chi connectivity index (χ4n) is 6.66. The summed E-state index contributed by atoms with van der Waals surface area (Å²) in [6, 6.07) is 3.74. The first kappa shape index (κ1) is 27.9. The van der Waals surface area contributed by atoms with Crippen LogP contribution in [0.5, 0.6) is 11.5 Å². The van der Waals surface area contributed by atoms with Crippen LogP contribution in [0.4, 0.5) is 9.59 Å². The number of benzene rings is 1. The van der Waals surface area contributed by atoms with Crippen molar-refractivity contribution in [2.75, 3.05) is 48.1 Å². The summed E-state index contributed by atoms with van der Waals surface area (Å²) in [6.45, 7) is 6.27. The predicted molar refractivity (Wildman–Crippen MR) is 150 cm³/mol. The normalized spacial score (nSPS) is 23.5.